The van der Waals surface area contributed by atoms with Gasteiger partial charge in [-0.25, -0.2) is 9.37 Å². The predicted molar refractivity (Wildman–Crippen MR) is 113 cm³/mol. The fraction of sp³-hybridized carbons (Fsp3) is 0.273. The summed E-state index contributed by atoms with van der Waals surface area (Å²) >= 11 is 0. The normalized spacial score (nSPS) is 14.6. The number of aromatic amines is 1. The van der Waals surface area contributed by atoms with Crippen LogP contribution in [-0.4, -0.2) is 57.1 Å². The van der Waals surface area contributed by atoms with E-state index in [9.17, 15) is 27.6 Å². The maximum atomic E-state index is 14.4. The Labute approximate surface area is 191 Å². The minimum Gasteiger partial charge on any atom is -0.336 e. The SMILES string of the molecule is N#Cc1cc(CN2CCN(C(=O)c3cccc(C(F)(F)F)c3F)CC2)nc(Nc2cc[nH]n2)c1. The van der Waals surface area contributed by atoms with Gasteiger partial charge < -0.3 is 10.2 Å². The number of H-pyrrole nitrogens is 1. The average molecular weight is 473 g/mol. The van der Waals surface area contributed by atoms with E-state index in [0.717, 1.165) is 12.1 Å². The fourth-order valence-electron chi connectivity index (χ4n) is 3.68. The summed E-state index contributed by atoms with van der Waals surface area (Å²) in [5.41, 5.74) is -1.02. The van der Waals surface area contributed by atoms with Crippen LogP contribution in [-0.2, 0) is 12.7 Å². The van der Waals surface area contributed by atoms with Gasteiger partial charge in [-0.3, -0.25) is 14.8 Å². The number of hydrogen-bond donors (Lipinski definition) is 2. The highest BCUT2D eigenvalue weighted by Gasteiger charge is 2.36. The Kier molecular flexibility index (Phi) is 6.47. The summed E-state index contributed by atoms with van der Waals surface area (Å²) < 4.78 is 53.3. The highest BCUT2D eigenvalue weighted by molar-refractivity contribution is 5.94. The van der Waals surface area contributed by atoms with Crippen molar-refractivity contribution in [3.05, 3.63) is 70.8 Å². The standard InChI is InChI=1S/C22H19F4N7O/c23-20-16(2-1-3-17(20)22(24,25)26)21(34)33-8-6-32(7-9-33)13-15-10-14(12-27)11-19(29-15)30-18-4-5-28-31-18/h1-5,10-11H,6-9,13H2,(H2,28,29,30,31). The first-order chi connectivity index (χ1) is 16.2. The number of aromatic nitrogens is 3. The second-order valence-electron chi connectivity index (χ2n) is 7.66. The number of halogens is 4. The third-order valence-corrected chi connectivity index (χ3v) is 5.34. The van der Waals surface area contributed by atoms with E-state index in [1.165, 1.54) is 4.90 Å². The molecular weight excluding hydrogens is 454 g/mol. The lowest BCUT2D eigenvalue weighted by Crippen LogP contribution is -2.48. The molecule has 1 amide bonds. The maximum Gasteiger partial charge on any atom is 0.419 e. The van der Waals surface area contributed by atoms with E-state index in [1.54, 1.807) is 24.4 Å². The Balaban J connectivity index is 1.41. The number of piperazine rings is 1. The van der Waals surface area contributed by atoms with Gasteiger partial charge in [-0.1, -0.05) is 6.07 Å². The summed E-state index contributed by atoms with van der Waals surface area (Å²) in [7, 11) is 0. The molecule has 3 aromatic rings. The number of amides is 1. The lowest BCUT2D eigenvalue weighted by atomic mass is 10.1. The summed E-state index contributed by atoms with van der Waals surface area (Å²) in [5, 5.41) is 19.0. The topological polar surface area (TPSA) is 101 Å². The number of carbonyl (C=O) groups excluding carboxylic acids is 1. The van der Waals surface area contributed by atoms with Crippen molar-refractivity contribution in [2.24, 2.45) is 0 Å². The largest absolute Gasteiger partial charge is 0.419 e. The molecule has 0 unspecified atom stereocenters. The molecule has 0 spiro atoms. The van der Waals surface area contributed by atoms with E-state index >= 15 is 0 Å². The minimum atomic E-state index is -4.88. The van der Waals surface area contributed by atoms with E-state index in [0.29, 0.717) is 48.6 Å². The predicted octanol–water partition coefficient (Wildman–Crippen LogP) is 3.54. The number of nitrogens with one attached hydrogen (secondary N) is 2. The third kappa shape index (κ3) is 5.15. The van der Waals surface area contributed by atoms with Crippen molar-refractivity contribution in [3.8, 4) is 6.07 Å². The van der Waals surface area contributed by atoms with Crippen molar-refractivity contribution in [1.29, 1.82) is 5.26 Å². The van der Waals surface area contributed by atoms with Crippen molar-refractivity contribution in [2.75, 3.05) is 31.5 Å². The van der Waals surface area contributed by atoms with Crippen molar-refractivity contribution in [3.63, 3.8) is 0 Å². The van der Waals surface area contributed by atoms with Crippen LogP contribution in [0.3, 0.4) is 0 Å². The molecule has 3 heterocycles. The Hall–Kier alpha value is -3.98. The maximum absolute atomic E-state index is 14.4. The number of carbonyl (C=O) groups is 1. The molecule has 4 rings (SSSR count). The van der Waals surface area contributed by atoms with E-state index in [-0.39, 0.29) is 13.1 Å². The molecule has 2 N–H and O–H groups in total. The molecule has 0 radical (unpaired) electrons. The van der Waals surface area contributed by atoms with Crippen LogP contribution in [0.1, 0.15) is 27.2 Å². The van der Waals surface area contributed by atoms with Crippen molar-refractivity contribution in [1.82, 2.24) is 25.0 Å². The van der Waals surface area contributed by atoms with Gasteiger partial charge in [0.05, 0.1) is 28.5 Å². The first kappa shape index (κ1) is 23.2. The molecule has 8 nitrogen and oxygen atoms in total. The van der Waals surface area contributed by atoms with Crippen molar-refractivity contribution < 1.29 is 22.4 Å². The zero-order valence-corrected chi connectivity index (χ0v) is 17.7. The number of pyridine rings is 1. The molecule has 0 aliphatic carbocycles. The molecule has 2 aromatic heterocycles. The zero-order valence-electron chi connectivity index (χ0n) is 17.7. The van der Waals surface area contributed by atoms with Crippen LogP contribution in [0.25, 0.3) is 0 Å². The molecular formula is C22H19F4N7O. The van der Waals surface area contributed by atoms with Crippen LogP contribution in [0.5, 0.6) is 0 Å². The second-order valence-corrected chi connectivity index (χ2v) is 7.66. The van der Waals surface area contributed by atoms with Gasteiger partial charge in [0.25, 0.3) is 5.91 Å². The lowest BCUT2D eigenvalue weighted by Gasteiger charge is -2.34. The van der Waals surface area contributed by atoms with Crippen molar-refractivity contribution in [2.45, 2.75) is 12.7 Å². The summed E-state index contributed by atoms with van der Waals surface area (Å²) in [5.74, 6) is -1.34. The van der Waals surface area contributed by atoms with Gasteiger partial charge >= 0.3 is 6.18 Å². The quantitative estimate of drug-likeness (QED) is 0.550. The summed E-state index contributed by atoms with van der Waals surface area (Å²) in [4.78, 5) is 20.5. The molecule has 1 saturated heterocycles. The Bertz CT molecular complexity index is 1210. The molecule has 176 valence electrons. The number of rotatable bonds is 5. The zero-order chi connectivity index (χ0) is 24.3. The van der Waals surface area contributed by atoms with Gasteiger partial charge in [0.15, 0.2) is 5.82 Å². The van der Waals surface area contributed by atoms with Gasteiger partial charge in [0, 0.05) is 45.0 Å². The van der Waals surface area contributed by atoms with Gasteiger partial charge in [0.2, 0.25) is 0 Å². The Morgan fingerprint density at radius 3 is 2.56 bits per heavy atom. The number of hydrogen-bond acceptors (Lipinski definition) is 6. The van der Waals surface area contributed by atoms with Crippen LogP contribution < -0.4 is 5.32 Å². The van der Waals surface area contributed by atoms with Gasteiger partial charge in [0.1, 0.15) is 11.6 Å². The molecule has 0 saturated carbocycles. The second kappa shape index (κ2) is 9.48. The van der Waals surface area contributed by atoms with Gasteiger partial charge in [-0.15, -0.1) is 0 Å². The highest BCUT2D eigenvalue weighted by atomic mass is 19.4. The molecule has 0 atom stereocenters. The average Bonchev–Trinajstić information content (AvgIpc) is 3.31. The number of nitrogens with zero attached hydrogens (tertiary/aromatic N) is 5. The third-order valence-electron chi connectivity index (χ3n) is 5.34. The molecule has 12 heteroatoms. The number of benzene rings is 1. The monoisotopic (exact) mass is 473 g/mol. The van der Waals surface area contributed by atoms with Gasteiger partial charge in [-0.05, 0) is 24.3 Å². The van der Waals surface area contributed by atoms with Crippen LogP contribution in [0.15, 0.2) is 42.6 Å². The molecule has 1 aromatic carbocycles. The highest BCUT2D eigenvalue weighted by Crippen LogP contribution is 2.32. The van der Waals surface area contributed by atoms with Crippen LogP contribution in [0.4, 0.5) is 29.2 Å². The molecule has 1 aliphatic rings. The summed E-state index contributed by atoms with van der Waals surface area (Å²) in [6.07, 6.45) is -3.24. The number of nitriles is 1. The Morgan fingerprint density at radius 2 is 1.91 bits per heavy atom. The van der Waals surface area contributed by atoms with Crippen LogP contribution in [0.2, 0.25) is 0 Å². The smallest absolute Gasteiger partial charge is 0.336 e. The number of alkyl halides is 3. The Morgan fingerprint density at radius 1 is 1.15 bits per heavy atom. The minimum absolute atomic E-state index is 0.213. The van der Waals surface area contributed by atoms with E-state index in [4.69, 9.17) is 0 Å². The van der Waals surface area contributed by atoms with Crippen molar-refractivity contribution >= 4 is 17.5 Å². The van der Waals surface area contributed by atoms with Gasteiger partial charge in [-0.2, -0.15) is 23.5 Å². The lowest BCUT2D eigenvalue weighted by molar-refractivity contribution is -0.140. The summed E-state index contributed by atoms with van der Waals surface area (Å²) in [6, 6.07) is 9.75. The van der Waals surface area contributed by atoms with E-state index in [1.807, 2.05) is 4.90 Å². The molecule has 0 bridgehead atoms. The van der Waals surface area contributed by atoms with Crippen LogP contribution in [0, 0.1) is 17.1 Å². The number of anilines is 2. The first-order valence-electron chi connectivity index (χ1n) is 10.3. The van der Waals surface area contributed by atoms with E-state index in [2.05, 4.69) is 26.6 Å². The van der Waals surface area contributed by atoms with Crippen LogP contribution >= 0.6 is 0 Å². The first-order valence-corrected chi connectivity index (χ1v) is 10.3. The fourth-order valence-corrected chi connectivity index (χ4v) is 3.68. The molecule has 1 aliphatic heterocycles. The molecule has 34 heavy (non-hydrogen) atoms. The van der Waals surface area contributed by atoms with E-state index < -0.39 is 29.0 Å². The molecule has 1 fully saturated rings. The summed E-state index contributed by atoms with van der Waals surface area (Å²) in [6.45, 7) is 1.64.